The fourth-order valence-electron chi connectivity index (χ4n) is 3.09. The number of hydrogen-bond donors (Lipinski definition) is 2. The second-order valence-corrected chi connectivity index (χ2v) is 6.17. The Hall–Kier alpha value is -2.09. The van der Waals surface area contributed by atoms with Gasteiger partial charge < -0.3 is 19.1 Å². The van der Waals surface area contributed by atoms with Gasteiger partial charge in [-0.3, -0.25) is 15.5 Å². The highest BCUT2D eigenvalue weighted by Crippen LogP contribution is 2.26. The van der Waals surface area contributed by atoms with Crippen LogP contribution in [0.5, 0.6) is 0 Å². The van der Waals surface area contributed by atoms with Crippen LogP contribution in [-0.4, -0.2) is 72.4 Å². The van der Waals surface area contributed by atoms with Crippen LogP contribution in [0.25, 0.3) is 10.9 Å². The van der Waals surface area contributed by atoms with E-state index in [0.29, 0.717) is 24.4 Å². The fraction of sp³-hybridized carbons (Fsp3) is 0.471. The number of rotatable bonds is 5. The molecule has 0 spiro atoms. The first-order valence-electron chi connectivity index (χ1n) is 8.14. The van der Waals surface area contributed by atoms with Gasteiger partial charge in [0.25, 0.3) is 5.91 Å². The summed E-state index contributed by atoms with van der Waals surface area (Å²) in [5.41, 5.74) is 4.36. The summed E-state index contributed by atoms with van der Waals surface area (Å²) in [7, 11) is 3.73. The number of piperazine rings is 1. The average molecular weight is 332 g/mol. The highest BCUT2D eigenvalue weighted by Gasteiger charge is 2.23. The lowest BCUT2D eigenvalue weighted by atomic mass is 10.1. The van der Waals surface area contributed by atoms with Gasteiger partial charge in [0.05, 0.1) is 17.9 Å². The van der Waals surface area contributed by atoms with Crippen LogP contribution < -0.4 is 5.48 Å². The van der Waals surface area contributed by atoms with Gasteiger partial charge in [-0.15, -0.1) is 0 Å². The second kappa shape index (κ2) is 7.21. The maximum atomic E-state index is 13.0. The van der Waals surface area contributed by atoms with Crippen LogP contribution in [0.2, 0.25) is 0 Å². The summed E-state index contributed by atoms with van der Waals surface area (Å²) in [5.74, 6) is 0.0411. The fourth-order valence-corrected chi connectivity index (χ4v) is 3.09. The lowest BCUT2D eigenvalue weighted by Crippen LogP contribution is -2.47. The average Bonchev–Trinajstić information content (AvgIpc) is 2.97. The van der Waals surface area contributed by atoms with Crippen molar-refractivity contribution >= 4 is 22.5 Å². The Kier molecular flexibility index (Phi) is 5.03. The van der Waals surface area contributed by atoms with Crippen LogP contribution in [0.4, 0.5) is 5.69 Å². The molecule has 1 aliphatic heterocycles. The molecule has 1 aliphatic rings. The van der Waals surface area contributed by atoms with Crippen LogP contribution in [-0.2, 0) is 11.3 Å². The number of carbonyl (C=O) groups is 1. The van der Waals surface area contributed by atoms with Gasteiger partial charge in [-0.2, -0.15) is 0 Å². The van der Waals surface area contributed by atoms with Crippen molar-refractivity contribution in [1.82, 2.24) is 14.4 Å². The molecule has 7 nitrogen and oxygen atoms in total. The molecule has 7 heteroatoms. The SMILES string of the molecule is COCCn1cc(C(=O)N2CCN(C)CC2)c2cc(NO)ccc21. The molecule has 1 saturated heterocycles. The zero-order valence-corrected chi connectivity index (χ0v) is 14.2. The summed E-state index contributed by atoms with van der Waals surface area (Å²) >= 11 is 0. The zero-order chi connectivity index (χ0) is 17.1. The molecule has 1 aromatic heterocycles. The van der Waals surface area contributed by atoms with Crippen molar-refractivity contribution in [3.63, 3.8) is 0 Å². The molecule has 2 aromatic rings. The van der Waals surface area contributed by atoms with Crippen LogP contribution in [0, 0.1) is 0 Å². The summed E-state index contributed by atoms with van der Waals surface area (Å²) in [6.45, 7) is 4.49. The lowest BCUT2D eigenvalue weighted by molar-refractivity contribution is 0.0665. The molecule has 0 unspecified atom stereocenters. The predicted octanol–water partition coefficient (Wildman–Crippen LogP) is 1.48. The van der Waals surface area contributed by atoms with Crippen LogP contribution in [0.1, 0.15) is 10.4 Å². The van der Waals surface area contributed by atoms with Gasteiger partial charge in [-0.25, -0.2) is 0 Å². The molecular formula is C17H24N4O3. The van der Waals surface area contributed by atoms with E-state index in [1.165, 1.54) is 0 Å². The van der Waals surface area contributed by atoms with Crippen LogP contribution in [0.3, 0.4) is 0 Å². The van der Waals surface area contributed by atoms with Crippen molar-refractivity contribution in [3.8, 4) is 0 Å². The van der Waals surface area contributed by atoms with Gasteiger partial charge in [0.2, 0.25) is 0 Å². The summed E-state index contributed by atoms with van der Waals surface area (Å²) in [5, 5.41) is 10.0. The van der Waals surface area contributed by atoms with E-state index in [1.54, 1.807) is 13.2 Å². The molecule has 0 atom stereocenters. The number of methoxy groups -OCH3 is 1. The Morgan fingerprint density at radius 3 is 2.71 bits per heavy atom. The molecule has 3 rings (SSSR count). The van der Waals surface area contributed by atoms with E-state index in [4.69, 9.17) is 4.74 Å². The minimum absolute atomic E-state index is 0.0411. The number of aromatic nitrogens is 1. The van der Waals surface area contributed by atoms with Gasteiger partial charge in [0.1, 0.15) is 0 Å². The van der Waals surface area contributed by atoms with Gasteiger partial charge in [-0.05, 0) is 25.2 Å². The topological polar surface area (TPSA) is 70.0 Å². The molecule has 0 aliphatic carbocycles. The molecular weight excluding hydrogens is 308 g/mol. The Labute approximate surface area is 141 Å². The van der Waals surface area contributed by atoms with E-state index in [2.05, 4.69) is 17.4 Å². The highest BCUT2D eigenvalue weighted by atomic mass is 16.5. The summed E-state index contributed by atoms with van der Waals surface area (Å²) in [6.07, 6.45) is 1.89. The van der Waals surface area contributed by atoms with E-state index in [1.807, 2.05) is 27.8 Å². The molecule has 2 N–H and O–H groups in total. The molecule has 0 bridgehead atoms. The quantitative estimate of drug-likeness (QED) is 0.812. The maximum Gasteiger partial charge on any atom is 0.256 e. The molecule has 0 radical (unpaired) electrons. The van der Waals surface area contributed by atoms with Gasteiger partial charge in [-0.1, -0.05) is 0 Å². The minimum Gasteiger partial charge on any atom is -0.383 e. The predicted molar refractivity (Wildman–Crippen MR) is 92.6 cm³/mol. The van der Waals surface area contributed by atoms with Gasteiger partial charge >= 0.3 is 0 Å². The number of nitrogens with zero attached hydrogens (tertiary/aromatic N) is 3. The third kappa shape index (κ3) is 3.24. The van der Waals surface area contributed by atoms with E-state index in [9.17, 15) is 10.0 Å². The normalized spacial score (nSPS) is 15.9. The molecule has 1 fully saturated rings. The van der Waals surface area contributed by atoms with E-state index >= 15 is 0 Å². The lowest BCUT2D eigenvalue weighted by Gasteiger charge is -2.32. The summed E-state index contributed by atoms with van der Waals surface area (Å²) < 4.78 is 7.19. The largest absolute Gasteiger partial charge is 0.383 e. The standard InChI is InChI=1S/C17H24N4O3/c1-19-5-7-20(8-6-19)17(22)15-12-21(9-10-24-2)16-4-3-13(18-23)11-14(15)16/h3-4,11-12,18,23H,5-10H2,1-2H3. The van der Waals surface area contributed by atoms with Crippen molar-refractivity contribution in [2.45, 2.75) is 6.54 Å². The van der Waals surface area contributed by atoms with Crippen molar-refractivity contribution in [1.29, 1.82) is 0 Å². The molecule has 0 saturated carbocycles. The number of fused-ring (bicyclic) bond motifs is 1. The number of ether oxygens (including phenoxy) is 1. The van der Waals surface area contributed by atoms with Crippen molar-refractivity contribution < 1.29 is 14.7 Å². The van der Waals surface area contributed by atoms with Crippen LogP contribution >= 0.6 is 0 Å². The molecule has 1 amide bonds. The van der Waals surface area contributed by atoms with E-state index in [0.717, 1.165) is 37.1 Å². The molecule has 130 valence electrons. The smallest absolute Gasteiger partial charge is 0.256 e. The second-order valence-electron chi connectivity index (χ2n) is 6.17. The molecule has 1 aromatic carbocycles. The monoisotopic (exact) mass is 332 g/mol. The van der Waals surface area contributed by atoms with Gasteiger partial charge in [0, 0.05) is 56.9 Å². The maximum absolute atomic E-state index is 13.0. The highest BCUT2D eigenvalue weighted by molar-refractivity contribution is 6.07. The van der Waals surface area contributed by atoms with Gasteiger partial charge in [0.15, 0.2) is 0 Å². The van der Waals surface area contributed by atoms with Crippen molar-refractivity contribution in [2.24, 2.45) is 0 Å². The number of likely N-dealkylation sites (N-methyl/N-ethyl adjacent to an activating group) is 1. The third-order valence-corrected chi connectivity index (χ3v) is 4.57. The minimum atomic E-state index is 0.0411. The Morgan fingerprint density at radius 2 is 2.04 bits per heavy atom. The first-order chi connectivity index (χ1) is 11.6. The Balaban J connectivity index is 1.97. The zero-order valence-electron chi connectivity index (χ0n) is 14.2. The molecule has 2 heterocycles. The number of nitrogens with one attached hydrogen (secondary N) is 1. The van der Waals surface area contributed by atoms with E-state index < -0.39 is 0 Å². The number of anilines is 1. The van der Waals surface area contributed by atoms with Crippen LogP contribution in [0.15, 0.2) is 24.4 Å². The Bertz CT molecular complexity index is 720. The summed E-state index contributed by atoms with van der Waals surface area (Å²) in [4.78, 5) is 17.1. The number of hydrogen-bond acceptors (Lipinski definition) is 5. The first-order valence-corrected chi connectivity index (χ1v) is 8.14. The number of benzene rings is 1. The molecule has 24 heavy (non-hydrogen) atoms. The Morgan fingerprint density at radius 1 is 1.29 bits per heavy atom. The van der Waals surface area contributed by atoms with Crippen molar-refractivity contribution in [3.05, 3.63) is 30.0 Å². The third-order valence-electron chi connectivity index (χ3n) is 4.57. The van der Waals surface area contributed by atoms with E-state index in [-0.39, 0.29) is 5.91 Å². The number of amides is 1. The number of carbonyl (C=O) groups excluding carboxylic acids is 1. The first kappa shape index (κ1) is 16.8. The van der Waals surface area contributed by atoms with Crippen molar-refractivity contribution in [2.75, 3.05) is 52.4 Å². The summed E-state index contributed by atoms with van der Waals surface area (Å²) in [6, 6.07) is 5.50.